The number of hydrogen-bond donors (Lipinski definition) is 1. The van der Waals surface area contributed by atoms with Crippen molar-refractivity contribution in [1.29, 1.82) is 0 Å². The van der Waals surface area contributed by atoms with E-state index in [1.807, 2.05) is 13.2 Å². The summed E-state index contributed by atoms with van der Waals surface area (Å²) in [7, 11) is 1.86. The van der Waals surface area contributed by atoms with Gasteiger partial charge in [0.15, 0.2) is 5.96 Å². The van der Waals surface area contributed by atoms with Gasteiger partial charge in [0.05, 0.1) is 19.3 Å². The number of nitrogens with one attached hydrogen (secondary N) is 1. The SMILES string of the molecule is CN=C(NCc1ccc(N2CCOC(C)C2)nc1)N1CCC2(CCOC2)C1.I. The minimum atomic E-state index is 0. The number of morpholine rings is 1. The summed E-state index contributed by atoms with van der Waals surface area (Å²) >= 11 is 0. The van der Waals surface area contributed by atoms with Gasteiger partial charge >= 0.3 is 0 Å². The number of aromatic nitrogens is 1. The number of pyridine rings is 1. The van der Waals surface area contributed by atoms with E-state index in [1.165, 1.54) is 18.4 Å². The molecule has 28 heavy (non-hydrogen) atoms. The molecule has 156 valence electrons. The maximum absolute atomic E-state index is 5.63. The monoisotopic (exact) mass is 501 g/mol. The van der Waals surface area contributed by atoms with Gasteiger partial charge in [0, 0.05) is 58.0 Å². The molecular weight excluding hydrogens is 469 g/mol. The summed E-state index contributed by atoms with van der Waals surface area (Å²) in [5, 5.41) is 3.50. The Morgan fingerprint density at radius 3 is 2.89 bits per heavy atom. The Labute approximate surface area is 184 Å². The number of ether oxygens (including phenoxy) is 2. The number of likely N-dealkylation sites (tertiary alicyclic amines) is 1. The van der Waals surface area contributed by atoms with E-state index in [0.717, 1.165) is 64.3 Å². The molecule has 3 aliphatic rings. The number of halogens is 1. The van der Waals surface area contributed by atoms with Crippen LogP contribution in [0.15, 0.2) is 23.3 Å². The highest BCUT2D eigenvalue weighted by atomic mass is 127. The first-order chi connectivity index (χ1) is 13.2. The van der Waals surface area contributed by atoms with Crippen molar-refractivity contribution in [2.24, 2.45) is 10.4 Å². The highest BCUT2D eigenvalue weighted by molar-refractivity contribution is 14.0. The molecule has 1 aromatic heterocycles. The Bertz CT molecular complexity index is 663. The Morgan fingerprint density at radius 2 is 2.21 bits per heavy atom. The quantitative estimate of drug-likeness (QED) is 0.389. The zero-order chi connectivity index (χ0) is 18.7. The lowest BCUT2D eigenvalue weighted by atomic mass is 9.87. The number of hydrogen-bond acceptors (Lipinski definition) is 5. The highest BCUT2D eigenvalue weighted by Gasteiger charge is 2.42. The van der Waals surface area contributed by atoms with Gasteiger partial charge in [-0.25, -0.2) is 4.98 Å². The van der Waals surface area contributed by atoms with Gasteiger partial charge < -0.3 is 24.6 Å². The minimum absolute atomic E-state index is 0. The number of guanidine groups is 1. The van der Waals surface area contributed by atoms with E-state index in [9.17, 15) is 0 Å². The van der Waals surface area contributed by atoms with E-state index in [-0.39, 0.29) is 30.1 Å². The van der Waals surface area contributed by atoms with E-state index in [4.69, 9.17) is 9.47 Å². The molecule has 3 aliphatic heterocycles. The van der Waals surface area contributed by atoms with Gasteiger partial charge in [-0.05, 0) is 31.4 Å². The van der Waals surface area contributed by atoms with Crippen LogP contribution < -0.4 is 10.2 Å². The molecule has 2 unspecified atom stereocenters. The van der Waals surface area contributed by atoms with Crippen LogP contribution in [0.4, 0.5) is 5.82 Å². The van der Waals surface area contributed by atoms with Crippen LogP contribution in [0.2, 0.25) is 0 Å². The summed E-state index contributed by atoms with van der Waals surface area (Å²) in [5.41, 5.74) is 1.51. The second-order valence-corrected chi connectivity index (χ2v) is 8.03. The molecule has 1 spiro atoms. The summed E-state index contributed by atoms with van der Waals surface area (Å²) < 4.78 is 11.2. The first-order valence-corrected chi connectivity index (χ1v) is 10.0. The van der Waals surface area contributed by atoms with E-state index in [1.54, 1.807) is 0 Å². The molecule has 8 heteroatoms. The Hall–Kier alpha value is -1.13. The van der Waals surface area contributed by atoms with Gasteiger partial charge in [-0.15, -0.1) is 24.0 Å². The van der Waals surface area contributed by atoms with E-state index >= 15 is 0 Å². The van der Waals surface area contributed by atoms with E-state index in [2.05, 4.69) is 44.1 Å². The largest absolute Gasteiger partial charge is 0.381 e. The Kier molecular flexibility index (Phi) is 7.38. The molecule has 3 fully saturated rings. The summed E-state index contributed by atoms with van der Waals surface area (Å²) in [6, 6.07) is 4.26. The maximum Gasteiger partial charge on any atom is 0.193 e. The highest BCUT2D eigenvalue weighted by Crippen LogP contribution is 2.38. The second kappa shape index (κ2) is 9.58. The van der Waals surface area contributed by atoms with Crippen LogP contribution in [0.1, 0.15) is 25.3 Å². The van der Waals surface area contributed by atoms with Crippen LogP contribution in [0.25, 0.3) is 0 Å². The van der Waals surface area contributed by atoms with Crippen molar-refractivity contribution < 1.29 is 9.47 Å². The lowest BCUT2D eigenvalue weighted by Gasteiger charge is -2.32. The molecule has 3 saturated heterocycles. The Morgan fingerprint density at radius 1 is 1.32 bits per heavy atom. The van der Waals surface area contributed by atoms with Crippen LogP contribution in [-0.2, 0) is 16.0 Å². The molecule has 4 rings (SSSR count). The van der Waals surface area contributed by atoms with Gasteiger partial charge in [-0.1, -0.05) is 6.07 Å². The lowest BCUT2D eigenvalue weighted by Crippen LogP contribution is -2.41. The molecular formula is C20H32IN5O2. The van der Waals surface area contributed by atoms with Crippen molar-refractivity contribution in [2.45, 2.75) is 32.4 Å². The predicted octanol–water partition coefficient (Wildman–Crippen LogP) is 2.11. The van der Waals surface area contributed by atoms with Gasteiger partial charge in [0.1, 0.15) is 5.82 Å². The number of anilines is 1. The van der Waals surface area contributed by atoms with Gasteiger partial charge in [0.25, 0.3) is 0 Å². The maximum atomic E-state index is 5.63. The summed E-state index contributed by atoms with van der Waals surface area (Å²) in [6.45, 7) is 9.31. The number of nitrogens with zero attached hydrogens (tertiary/aromatic N) is 4. The van der Waals surface area contributed by atoms with Crippen LogP contribution >= 0.6 is 24.0 Å². The van der Waals surface area contributed by atoms with Crippen molar-refractivity contribution in [2.75, 3.05) is 57.9 Å². The van der Waals surface area contributed by atoms with E-state index in [0.29, 0.717) is 5.41 Å². The molecule has 0 radical (unpaired) electrons. The third kappa shape index (κ3) is 4.88. The van der Waals surface area contributed by atoms with Gasteiger partial charge in [-0.3, -0.25) is 4.99 Å². The zero-order valence-corrected chi connectivity index (χ0v) is 19.2. The number of rotatable bonds is 3. The van der Waals surface area contributed by atoms with Crippen LogP contribution in [0.3, 0.4) is 0 Å². The fraction of sp³-hybridized carbons (Fsp3) is 0.700. The normalized spacial score (nSPS) is 27.9. The van der Waals surface area contributed by atoms with Crippen LogP contribution in [-0.4, -0.2) is 75.0 Å². The summed E-state index contributed by atoms with van der Waals surface area (Å²) in [6.07, 6.45) is 4.60. The minimum Gasteiger partial charge on any atom is -0.381 e. The summed E-state index contributed by atoms with van der Waals surface area (Å²) in [4.78, 5) is 13.8. The van der Waals surface area contributed by atoms with Gasteiger partial charge in [0.2, 0.25) is 0 Å². The average molecular weight is 501 g/mol. The van der Waals surface area contributed by atoms with Gasteiger partial charge in [-0.2, -0.15) is 0 Å². The molecule has 0 amide bonds. The first kappa shape index (κ1) is 21.6. The standard InChI is InChI=1S/C20H31N5O2.HI/c1-16-13-24(8-10-27-16)18-4-3-17(11-22-18)12-23-19(21-2)25-7-5-20(14-25)6-9-26-15-20;/h3-4,11,16H,5-10,12-15H2,1-2H3,(H,21,23);1H. The fourth-order valence-electron chi connectivity index (χ4n) is 4.34. The topological polar surface area (TPSA) is 62.2 Å². The zero-order valence-electron chi connectivity index (χ0n) is 16.9. The van der Waals surface area contributed by atoms with Crippen LogP contribution in [0.5, 0.6) is 0 Å². The molecule has 0 bridgehead atoms. The van der Waals surface area contributed by atoms with Crippen LogP contribution in [0, 0.1) is 5.41 Å². The predicted molar refractivity (Wildman–Crippen MR) is 122 cm³/mol. The molecule has 0 aromatic carbocycles. The smallest absolute Gasteiger partial charge is 0.193 e. The molecule has 0 saturated carbocycles. The van der Waals surface area contributed by atoms with Crippen molar-refractivity contribution in [3.63, 3.8) is 0 Å². The Balaban J connectivity index is 0.00000225. The molecule has 1 aromatic rings. The molecule has 7 nitrogen and oxygen atoms in total. The molecule has 1 N–H and O–H groups in total. The third-order valence-corrected chi connectivity index (χ3v) is 5.96. The lowest BCUT2D eigenvalue weighted by molar-refractivity contribution is 0.0529. The van der Waals surface area contributed by atoms with Crippen molar-refractivity contribution in [1.82, 2.24) is 15.2 Å². The second-order valence-electron chi connectivity index (χ2n) is 8.03. The van der Waals surface area contributed by atoms with Crippen molar-refractivity contribution in [3.8, 4) is 0 Å². The first-order valence-electron chi connectivity index (χ1n) is 10.0. The van der Waals surface area contributed by atoms with Crippen molar-refractivity contribution in [3.05, 3.63) is 23.9 Å². The molecule has 4 heterocycles. The molecule has 0 aliphatic carbocycles. The number of aliphatic imine (C=N–C) groups is 1. The average Bonchev–Trinajstić information content (AvgIpc) is 3.33. The molecule has 2 atom stereocenters. The summed E-state index contributed by atoms with van der Waals surface area (Å²) in [5.74, 6) is 2.01. The third-order valence-electron chi connectivity index (χ3n) is 5.96. The van der Waals surface area contributed by atoms with E-state index < -0.39 is 0 Å². The fourth-order valence-corrected chi connectivity index (χ4v) is 4.34. The van der Waals surface area contributed by atoms with Crippen molar-refractivity contribution >= 4 is 35.8 Å².